The number of nitrogens with zero attached hydrogens (tertiary/aromatic N) is 1. The number of hydrogen-bond acceptors (Lipinski definition) is 7. The molecule has 1 atom stereocenters. The second-order valence-corrected chi connectivity index (χ2v) is 8.86. The molecule has 1 saturated heterocycles. The smallest absolute Gasteiger partial charge is 0.409 e. The molecule has 0 radical (unpaired) electrons. The number of hydrogen-bond donors (Lipinski definition) is 3. The van der Waals surface area contributed by atoms with E-state index in [0.29, 0.717) is 11.3 Å². The monoisotopic (exact) mass is 477 g/mol. The molecule has 2 rings (SSSR count). The van der Waals surface area contributed by atoms with Gasteiger partial charge in [0.15, 0.2) is 0 Å². The number of nitrogens with one attached hydrogen (secondary N) is 2. The van der Waals surface area contributed by atoms with Crippen molar-refractivity contribution in [1.82, 2.24) is 15.5 Å². The molecule has 1 fully saturated rings. The Morgan fingerprint density at radius 3 is 2.18 bits per heavy atom. The molecule has 3 N–H and O–H groups in total. The summed E-state index contributed by atoms with van der Waals surface area (Å²) in [5.74, 6) is -2.94. The topological polar surface area (TPSA) is 151 Å². The molecule has 0 aliphatic carbocycles. The summed E-state index contributed by atoms with van der Waals surface area (Å²) in [7, 11) is 0. The standard InChI is InChI=1S/C23H31N3O8/c1-22(2,3)34-21(32)25-23(19(29)30,26-17(27)11-12-18(26)28)13-7-8-14-24-20(31)33-15-16-9-5-4-6-10-16/h4-6,9-10H,7-8,11-15H2,1-3H3,(H,24,31)(H,25,32)(H,29,30)/t23-/m0/s1. The van der Waals surface area contributed by atoms with Gasteiger partial charge in [-0.25, -0.2) is 19.3 Å². The van der Waals surface area contributed by atoms with Crippen LogP contribution >= 0.6 is 0 Å². The molecule has 34 heavy (non-hydrogen) atoms. The number of carboxylic acid groups (broad SMARTS) is 1. The molecule has 0 unspecified atom stereocenters. The highest BCUT2D eigenvalue weighted by atomic mass is 16.6. The van der Waals surface area contributed by atoms with Crippen LogP contribution in [-0.4, -0.2) is 57.8 Å². The molecule has 4 amide bonds. The molecule has 11 nitrogen and oxygen atoms in total. The van der Waals surface area contributed by atoms with E-state index < -0.39 is 41.2 Å². The van der Waals surface area contributed by atoms with Crippen LogP contribution in [0.4, 0.5) is 9.59 Å². The number of amides is 4. The van der Waals surface area contributed by atoms with Gasteiger partial charge in [0.2, 0.25) is 17.5 Å². The van der Waals surface area contributed by atoms with Gasteiger partial charge in [0.05, 0.1) is 0 Å². The van der Waals surface area contributed by atoms with Gasteiger partial charge in [-0.2, -0.15) is 0 Å². The largest absolute Gasteiger partial charge is 0.478 e. The third-order valence-electron chi connectivity index (χ3n) is 4.94. The lowest BCUT2D eigenvalue weighted by Crippen LogP contribution is -2.67. The Morgan fingerprint density at radius 1 is 1.00 bits per heavy atom. The lowest BCUT2D eigenvalue weighted by molar-refractivity contribution is -0.166. The highest BCUT2D eigenvalue weighted by Gasteiger charge is 2.53. The van der Waals surface area contributed by atoms with Crippen LogP contribution in [0.1, 0.15) is 58.4 Å². The van der Waals surface area contributed by atoms with E-state index in [1.165, 1.54) is 0 Å². The molecule has 1 heterocycles. The fourth-order valence-corrected chi connectivity index (χ4v) is 3.43. The molecule has 0 saturated carbocycles. The van der Waals surface area contributed by atoms with Crippen molar-refractivity contribution < 1.29 is 38.6 Å². The molecular weight excluding hydrogens is 446 g/mol. The number of unbranched alkanes of at least 4 members (excludes halogenated alkanes) is 1. The molecule has 1 aliphatic heterocycles. The molecule has 1 aromatic rings. The molecule has 0 spiro atoms. The van der Waals surface area contributed by atoms with E-state index in [2.05, 4.69) is 10.6 Å². The van der Waals surface area contributed by atoms with Crippen LogP contribution in [0.5, 0.6) is 0 Å². The minimum atomic E-state index is -2.29. The van der Waals surface area contributed by atoms with Gasteiger partial charge < -0.3 is 19.9 Å². The maximum Gasteiger partial charge on any atom is 0.409 e. The van der Waals surface area contributed by atoms with Gasteiger partial charge in [0.25, 0.3) is 0 Å². The van der Waals surface area contributed by atoms with E-state index in [0.717, 1.165) is 5.56 Å². The molecule has 1 aliphatic rings. The van der Waals surface area contributed by atoms with Gasteiger partial charge >= 0.3 is 18.2 Å². The molecule has 186 valence electrons. The van der Waals surface area contributed by atoms with Crippen molar-refractivity contribution >= 4 is 30.0 Å². The van der Waals surface area contributed by atoms with Gasteiger partial charge in [-0.15, -0.1) is 0 Å². The predicted molar refractivity (Wildman–Crippen MR) is 119 cm³/mol. The number of carboxylic acids is 1. The first kappa shape index (κ1) is 26.6. The van der Waals surface area contributed by atoms with E-state index >= 15 is 0 Å². The predicted octanol–water partition coefficient (Wildman–Crippen LogP) is 2.54. The van der Waals surface area contributed by atoms with E-state index in [9.17, 15) is 29.1 Å². The van der Waals surface area contributed by atoms with Crippen LogP contribution < -0.4 is 10.6 Å². The normalized spacial score (nSPS) is 15.4. The van der Waals surface area contributed by atoms with E-state index in [1.807, 2.05) is 30.3 Å². The van der Waals surface area contributed by atoms with E-state index in [1.54, 1.807) is 20.8 Å². The summed E-state index contributed by atoms with van der Waals surface area (Å²) in [6.07, 6.45) is -1.77. The lowest BCUT2D eigenvalue weighted by Gasteiger charge is -2.37. The first-order valence-electron chi connectivity index (χ1n) is 11.0. The van der Waals surface area contributed by atoms with Gasteiger partial charge in [-0.3, -0.25) is 14.9 Å². The number of benzene rings is 1. The Morgan fingerprint density at radius 2 is 1.62 bits per heavy atom. The zero-order valence-electron chi connectivity index (χ0n) is 19.6. The fourth-order valence-electron chi connectivity index (χ4n) is 3.43. The number of alkyl carbamates (subject to hydrolysis) is 2. The van der Waals surface area contributed by atoms with Crippen molar-refractivity contribution in [3.8, 4) is 0 Å². The van der Waals surface area contributed by atoms with Crippen molar-refractivity contribution in [2.75, 3.05) is 6.54 Å². The summed E-state index contributed by atoms with van der Waals surface area (Å²) in [6.45, 7) is 5.07. The first-order valence-corrected chi connectivity index (χ1v) is 11.0. The highest BCUT2D eigenvalue weighted by Crippen LogP contribution is 2.28. The summed E-state index contributed by atoms with van der Waals surface area (Å²) in [5.41, 5.74) is -2.38. The fraction of sp³-hybridized carbons (Fsp3) is 0.522. The maximum absolute atomic E-state index is 12.4. The summed E-state index contributed by atoms with van der Waals surface area (Å²) in [5, 5.41) is 14.8. The lowest BCUT2D eigenvalue weighted by atomic mass is 10.00. The van der Waals surface area contributed by atoms with Crippen molar-refractivity contribution in [1.29, 1.82) is 0 Å². The van der Waals surface area contributed by atoms with Crippen molar-refractivity contribution in [3.05, 3.63) is 35.9 Å². The SMILES string of the molecule is CC(C)(C)OC(=O)N[C@](CCCCNC(=O)OCc1ccccc1)(C(=O)O)N1C(=O)CCC1=O. The minimum Gasteiger partial charge on any atom is -0.478 e. The van der Waals surface area contributed by atoms with Gasteiger partial charge in [0.1, 0.15) is 12.2 Å². The average Bonchev–Trinajstić information content (AvgIpc) is 3.08. The molecule has 0 aromatic heterocycles. The maximum atomic E-state index is 12.4. The first-order chi connectivity index (χ1) is 15.9. The van der Waals surface area contributed by atoms with Crippen LogP contribution in [0, 0.1) is 0 Å². The second kappa shape index (κ2) is 11.5. The van der Waals surface area contributed by atoms with Gasteiger partial charge in [-0.1, -0.05) is 30.3 Å². The quantitative estimate of drug-likeness (QED) is 0.343. The number of imide groups is 1. The summed E-state index contributed by atoms with van der Waals surface area (Å²) in [4.78, 5) is 61.8. The van der Waals surface area contributed by atoms with E-state index in [4.69, 9.17) is 9.47 Å². The van der Waals surface area contributed by atoms with Crippen molar-refractivity contribution in [2.24, 2.45) is 0 Å². The second-order valence-electron chi connectivity index (χ2n) is 8.86. The average molecular weight is 478 g/mol. The van der Waals surface area contributed by atoms with Crippen LogP contribution in [-0.2, 0) is 30.5 Å². The number of carbonyl (C=O) groups is 5. The van der Waals surface area contributed by atoms with Crippen molar-refractivity contribution in [3.63, 3.8) is 0 Å². The zero-order chi connectivity index (χ0) is 25.4. The number of likely N-dealkylation sites (tertiary alicyclic amines) is 1. The number of ether oxygens (including phenoxy) is 2. The minimum absolute atomic E-state index is 0.105. The Hall–Kier alpha value is -3.63. The van der Waals surface area contributed by atoms with E-state index in [-0.39, 0.29) is 38.8 Å². The Balaban J connectivity index is 1.97. The molecule has 0 bridgehead atoms. The van der Waals surface area contributed by atoms with Crippen LogP contribution in [0.3, 0.4) is 0 Å². The molecule has 11 heteroatoms. The molecule has 1 aromatic carbocycles. The van der Waals surface area contributed by atoms with Crippen LogP contribution in [0.15, 0.2) is 30.3 Å². The third kappa shape index (κ3) is 7.46. The van der Waals surface area contributed by atoms with Gasteiger partial charge in [-0.05, 0) is 39.2 Å². The number of rotatable bonds is 10. The third-order valence-corrected chi connectivity index (χ3v) is 4.94. The molecular formula is C23H31N3O8. The highest BCUT2D eigenvalue weighted by molar-refractivity contribution is 6.06. The van der Waals surface area contributed by atoms with Crippen LogP contribution in [0.2, 0.25) is 0 Å². The Labute approximate surface area is 197 Å². The summed E-state index contributed by atoms with van der Waals surface area (Å²) < 4.78 is 10.3. The van der Waals surface area contributed by atoms with Crippen molar-refractivity contribution in [2.45, 2.75) is 70.7 Å². The zero-order valence-corrected chi connectivity index (χ0v) is 19.6. The van der Waals surface area contributed by atoms with Gasteiger partial charge in [0, 0.05) is 25.8 Å². The number of carbonyl (C=O) groups excluding carboxylic acids is 4. The number of aliphatic carboxylic acids is 1. The summed E-state index contributed by atoms with van der Waals surface area (Å²) >= 11 is 0. The Bertz CT molecular complexity index is 897. The van der Waals surface area contributed by atoms with Crippen LogP contribution in [0.25, 0.3) is 0 Å². The summed E-state index contributed by atoms with van der Waals surface area (Å²) in [6, 6.07) is 9.13. The Kier molecular flexibility index (Phi) is 8.99.